The second kappa shape index (κ2) is 8.95. The molecular weight excluding hydrogens is 242 g/mol. The van der Waals surface area contributed by atoms with E-state index in [9.17, 15) is 4.79 Å². The topological polar surface area (TPSA) is 74.2 Å². The van der Waals surface area contributed by atoms with Gasteiger partial charge < -0.3 is 15.4 Å². The minimum absolute atomic E-state index is 0.0877. The molecule has 1 rings (SSSR count). The Labute approximate surface area is 113 Å². The summed E-state index contributed by atoms with van der Waals surface area (Å²) in [5.41, 5.74) is 1.11. The molecule has 0 atom stereocenters. The van der Waals surface area contributed by atoms with E-state index in [0.29, 0.717) is 19.5 Å². The maximum Gasteiger partial charge on any atom is 0.233 e. The molecule has 0 spiro atoms. The number of ether oxygens (including phenoxy) is 1. The summed E-state index contributed by atoms with van der Waals surface area (Å²) in [4.78, 5) is 11.3. The van der Waals surface area contributed by atoms with E-state index in [1.165, 1.54) is 0 Å². The summed E-state index contributed by atoms with van der Waals surface area (Å²) in [6, 6.07) is 9.80. The Hall–Kier alpha value is -2.06. The van der Waals surface area contributed by atoms with E-state index in [2.05, 4.69) is 10.6 Å². The van der Waals surface area contributed by atoms with E-state index in [1.807, 2.05) is 30.3 Å². The van der Waals surface area contributed by atoms with Gasteiger partial charge in [0.15, 0.2) is 0 Å². The van der Waals surface area contributed by atoms with Crippen molar-refractivity contribution >= 4 is 5.91 Å². The van der Waals surface area contributed by atoms with Gasteiger partial charge in [-0.1, -0.05) is 18.2 Å². The Bertz CT molecular complexity index is 441. The fraction of sp³-hybridized carbons (Fsp3) is 0.429. The second-order valence-corrected chi connectivity index (χ2v) is 4.00. The quantitative estimate of drug-likeness (QED) is 0.681. The molecule has 0 saturated carbocycles. The van der Waals surface area contributed by atoms with Crippen molar-refractivity contribution in [2.75, 3.05) is 26.7 Å². The monoisotopic (exact) mass is 261 g/mol. The average Bonchev–Trinajstić information content (AvgIpc) is 2.44. The molecule has 0 radical (unpaired) electrons. The van der Waals surface area contributed by atoms with Crippen molar-refractivity contribution in [3.05, 3.63) is 29.8 Å². The molecule has 5 heteroatoms. The molecule has 1 aromatic rings. The summed E-state index contributed by atoms with van der Waals surface area (Å²) in [7, 11) is 1.65. The first-order chi connectivity index (χ1) is 9.27. The van der Waals surface area contributed by atoms with Crippen molar-refractivity contribution < 1.29 is 9.53 Å². The summed E-state index contributed by atoms with van der Waals surface area (Å²) in [5.74, 6) is 0.776. The van der Waals surface area contributed by atoms with E-state index in [4.69, 9.17) is 10.00 Å². The number of hydrogen-bond donors (Lipinski definition) is 2. The lowest BCUT2D eigenvalue weighted by Crippen LogP contribution is -2.35. The van der Waals surface area contributed by atoms with Gasteiger partial charge in [0.2, 0.25) is 5.91 Å². The van der Waals surface area contributed by atoms with Crippen LogP contribution in [0.3, 0.4) is 0 Å². The van der Waals surface area contributed by atoms with Crippen LogP contribution in [0.2, 0.25) is 0 Å². The van der Waals surface area contributed by atoms with E-state index in [-0.39, 0.29) is 12.5 Å². The fourth-order valence-electron chi connectivity index (χ4n) is 1.65. The van der Waals surface area contributed by atoms with Crippen molar-refractivity contribution in [3.63, 3.8) is 0 Å². The van der Waals surface area contributed by atoms with Crippen molar-refractivity contribution in [2.24, 2.45) is 0 Å². The van der Waals surface area contributed by atoms with Crippen LogP contribution >= 0.6 is 0 Å². The van der Waals surface area contributed by atoms with Gasteiger partial charge in [-0.3, -0.25) is 4.79 Å². The molecule has 0 unspecified atom stereocenters. The summed E-state index contributed by atoms with van der Waals surface area (Å²) in [6.07, 6.45) is 1.14. The molecule has 0 heterocycles. The number of nitrogens with zero attached hydrogens (tertiary/aromatic N) is 1. The zero-order chi connectivity index (χ0) is 13.9. The molecule has 0 aliphatic heterocycles. The summed E-state index contributed by atoms with van der Waals surface area (Å²) >= 11 is 0. The lowest BCUT2D eigenvalue weighted by Gasteiger charge is -2.09. The smallest absolute Gasteiger partial charge is 0.233 e. The third kappa shape index (κ3) is 5.89. The number of benzene rings is 1. The van der Waals surface area contributed by atoms with Crippen LogP contribution in [-0.2, 0) is 11.2 Å². The largest absolute Gasteiger partial charge is 0.496 e. The molecule has 2 N–H and O–H groups in total. The molecule has 0 bridgehead atoms. The molecule has 19 heavy (non-hydrogen) atoms. The number of hydrogen-bond acceptors (Lipinski definition) is 4. The Kier molecular flexibility index (Phi) is 7.06. The first-order valence-corrected chi connectivity index (χ1v) is 6.24. The van der Waals surface area contributed by atoms with Crippen molar-refractivity contribution in [3.8, 4) is 11.8 Å². The number of nitriles is 1. The zero-order valence-electron chi connectivity index (χ0n) is 11.1. The highest BCUT2D eigenvalue weighted by molar-refractivity contribution is 5.77. The Morgan fingerprint density at radius 2 is 2.16 bits per heavy atom. The first kappa shape index (κ1) is 15.0. The van der Waals surface area contributed by atoms with Crippen molar-refractivity contribution in [2.45, 2.75) is 12.8 Å². The second-order valence-electron chi connectivity index (χ2n) is 4.00. The van der Waals surface area contributed by atoms with Crippen LogP contribution in [0.5, 0.6) is 5.75 Å². The van der Waals surface area contributed by atoms with E-state index >= 15 is 0 Å². The minimum Gasteiger partial charge on any atom is -0.496 e. The summed E-state index contributed by atoms with van der Waals surface area (Å²) < 4.78 is 5.25. The van der Waals surface area contributed by atoms with Gasteiger partial charge in [0, 0.05) is 6.54 Å². The van der Waals surface area contributed by atoms with Gasteiger partial charge in [-0.15, -0.1) is 0 Å². The number of carbonyl (C=O) groups excluding carboxylic acids is 1. The van der Waals surface area contributed by atoms with Crippen molar-refractivity contribution in [1.29, 1.82) is 5.26 Å². The van der Waals surface area contributed by atoms with Crippen LogP contribution in [0.25, 0.3) is 0 Å². The van der Waals surface area contributed by atoms with Gasteiger partial charge in [-0.25, -0.2) is 0 Å². The zero-order valence-corrected chi connectivity index (χ0v) is 11.1. The molecule has 0 fully saturated rings. The van der Waals surface area contributed by atoms with E-state index in [0.717, 1.165) is 17.7 Å². The molecule has 0 aliphatic rings. The van der Waals surface area contributed by atoms with Crippen LogP contribution in [-0.4, -0.2) is 32.7 Å². The van der Waals surface area contributed by atoms with Crippen LogP contribution in [0.15, 0.2) is 24.3 Å². The normalized spacial score (nSPS) is 9.68. The summed E-state index contributed by atoms with van der Waals surface area (Å²) in [6.45, 7) is 1.37. The number of para-hydroxylation sites is 1. The van der Waals surface area contributed by atoms with Gasteiger partial charge in [-0.05, 0) is 24.6 Å². The fourth-order valence-corrected chi connectivity index (χ4v) is 1.65. The minimum atomic E-state index is -0.0877. The van der Waals surface area contributed by atoms with Gasteiger partial charge in [0.05, 0.1) is 26.1 Å². The summed E-state index contributed by atoms with van der Waals surface area (Å²) in [5, 5.41) is 14.1. The maximum atomic E-state index is 11.3. The Morgan fingerprint density at radius 3 is 2.89 bits per heavy atom. The SMILES string of the molecule is COc1ccccc1CCNCC(=O)NCCC#N. The lowest BCUT2D eigenvalue weighted by molar-refractivity contribution is -0.120. The predicted molar refractivity (Wildman–Crippen MR) is 72.8 cm³/mol. The average molecular weight is 261 g/mol. The number of amides is 1. The molecule has 1 amide bonds. The highest BCUT2D eigenvalue weighted by Crippen LogP contribution is 2.16. The van der Waals surface area contributed by atoms with Crippen LogP contribution in [0.4, 0.5) is 0 Å². The number of methoxy groups -OCH3 is 1. The van der Waals surface area contributed by atoms with Crippen LogP contribution in [0, 0.1) is 11.3 Å². The molecule has 5 nitrogen and oxygen atoms in total. The predicted octanol–water partition coefficient (Wildman–Crippen LogP) is 0.857. The highest BCUT2D eigenvalue weighted by Gasteiger charge is 2.02. The van der Waals surface area contributed by atoms with Gasteiger partial charge >= 0.3 is 0 Å². The van der Waals surface area contributed by atoms with Crippen LogP contribution < -0.4 is 15.4 Å². The molecule has 0 aromatic heterocycles. The highest BCUT2D eigenvalue weighted by atomic mass is 16.5. The molecule has 0 saturated heterocycles. The Balaban J connectivity index is 2.20. The van der Waals surface area contributed by atoms with Gasteiger partial charge in [0.1, 0.15) is 5.75 Å². The van der Waals surface area contributed by atoms with E-state index in [1.54, 1.807) is 7.11 Å². The third-order valence-corrected chi connectivity index (χ3v) is 2.61. The first-order valence-electron chi connectivity index (χ1n) is 6.24. The standard InChI is InChI=1S/C14H19N3O2/c1-19-13-6-3-2-5-12(13)7-10-16-11-14(18)17-9-4-8-15/h2-3,5-6,16H,4,7,9-11H2,1H3,(H,17,18). The molecule has 1 aromatic carbocycles. The van der Waals surface area contributed by atoms with Gasteiger partial charge in [0.25, 0.3) is 0 Å². The Morgan fingerprint density at radius 1 is 1.37 bits per heavy atom. The molecular formula is C14H19N3O2. The molecule has 0 aliphatic carbocycles. The number of nitrogens with one attached hydrogen (secondary N) is 2. The van der Waals surface area contributed by atoms with Crippen LogP contribution in [0.1, 0.15) is 12.0 Å². The lowest BCUT2D eigenvalue weighted by atomic mass is 10.1. The van der Waals surface area contributed by atoms with E-state index < -0.39 is 0 Å². The van der Waals surface area contributed by atoms with Gasteiger partial charge in [-0.2, -0.15) is 5.26 Å². The van der Waals surface area contributed by atoms with Crippen molar-refractivity contribution in [1.82, 2.24) is 10.6 Å². The third-order valence-electron chi connectivity index (χ3n) is 2.61. The number of carbonyl (C=O) groups is 1. The maximum absolute atomic E-state index is 11.3. The molecule has 102 valence electrons. The number of rotatable bonds is 8.